The Morgan fingerprint density at radius 2 is 1.80 bits per heavy atom. The van der Waals surface area contributed by atoms with Crippen LogP contribution in [-0.2, 0) is 0 Å². The first-order valence-corrected chi connectivity index (χ1v) is 6.27. The zero-order valence-electron chi connectivity index (χ0n) is 9.72. The van der Waals surface area contributed by atoms with E-state index < -0.39 is 0 Å². The summed E-state index contributed by atoms with van der Waals surface area (Å²) in [5.41, 5.74) is 5.57. The predicted molar refractivity (Wildman–Crippen MR) is 76.1 cm³/mol. The van der Waals surface area contributed by atoms with Crippen molar-refractivity contribution in [2.24, 2.45) is 10.9 Å². The molecule has 0 saturated heterocycles. The van der Waals surface area contributed by atoms with Crippen LogP contribution in [0.4, 0.5) is 0 Å². The summed E-state index contributed by atoms with van der Waals surface area (Å²) >= 11 is 17.6. The summed E-state index contributed by atoms with van der Waals surface area (Å²) in [6.45, 7) is 0. The number of halogens is 3. The standard InChI is InChI=1S/C11H7Cl3N4O2/c12-5-1-7(14)9(2-6(5)13)20-10-4-16-8(3-17-10)11(15)18-19/h1-4,19H,(H2,15,18). The molecule has 1 heterocycles. The lowest BCUT2D eigenvalue weighted by molar-refractivity contribution is 0.318. The van der Waals surface area contributed by atoms with Gasteiger partial charge in [-0.05, 0) is 6.07 Å². The van der Waals surface area contributed by atoms with Crippen LogP contribution >= 0.6 is 34.8 Å². The average Bonchev–Trinajstić information content (AvgIpc) is 2.44. The molecule has 0 saturated carbocycles. The minimum absolute atomic E-state index is 0.156. The molecule has 20 heavy (non-hydrogen) atoms. The Morgan fingerprint density at radius 3 is 2.40 bits per heavy atom. The maximum absolute atomic E-state index is 8.50. The van der Waals surface area contributed by atoms with Gasteiger partial charge in [0.1, 0.15) is 11.4 Å². The van der Waals surface area contributed by atoms with Gasteiger partial charge in [-0.1, -0.05) is 40.0 Å². The van der Waals surface area contributed by atoms with E-state index in [1.807, 2.05) is 0 Å². The molecular weight excluding hydrogens is 327 g/mol. The molecule has 0 bridgehead atoms. The summed E-state index contributed by atoms with van der Waals surface area (Å²) < 4.78 is 5.42. The monoisotopic (exact) mass is 332 g/mol. The Balaban J connectivity index is 2.24. The van der Waals surface area contributed by atoms with Crippen molar-refractivity contribution in [2.45, 2.75) is 0 Å². The highest BCUT2D eigenvalue weighted by Gasteiger charge is 2.10. The van der Waals surface area contributed by atoms with Gasteiger partial charge < -0.3 is 15.7 Å². The number of nitrogens with zero attached hydrogens (tertiary/aromatic N) is 3. The third-order valence-electron chi connectivity index (χ3n) is 2.19. The summed E-state index contributed by atoms with van der Waals surface area (Å²) in [6.07, 6.45) is 2.59. The summed E-state index contributed by atoms with van der Waals surface area (Å²) in [7, 11) is 0. The number of nitrogens with two attached hydrogens (primary N) is 1. The molecule has 2 rings (SSSR count). The van der Waals surface area contributed by atoms with E-state index >= 15 is 0 Å². The van der Waals surface area contributed by atoms with Gasteiger partial charge in [0.05, 0.1) is 27.5 Å². The molecule has 0 atom stereocenters. The lowest BCUT2D eigenvalue weighted by Gasteiger charge is -2.08. The van der Waals surface area contributed by atoms with Gasteiger partial charge in [-0.2, -0.15) is 0 Å². The molecule has 0 spiro atoms. The van der Waals surface area contributed by atoms with Gasteiger partial charge in [-0.15, -0.1) is 0 Å². The normalized spacial score (nSPS) is 11.4. The first-order chi connectivity index (χ1) is 9.51. The fraction of sp³-hybridized carbons (Fsp3) is 0. The molecule has 1 aromatic heterocycles. The van der Waals surface area contributed by atoms with Crippen molar-refractivity contribution < 1.29 is 9.94 Å². The SMILES string of the molecule is NC(=NO)c1cnc(Oc2cc(Cl)c(Cl)cc2Cl)cn1. The number of benzene rings is 1. The van der Waals surface area contributed by atoms with Gasteiger partial charge in [0.15, 0.2) is 5.84 Å². The second kappa shape index (κ2) is 6.13. The maximum Gasteiger partial charge on any atom is 0.237 e. The Hall–Kier alpha value is -1.76. The number of aromatic nitrogens is 2. The van der Waals surface area contributed by atoms with Crippen LogP contribution in [0.2, 0.25) is 15.1 Å². The smallest absolute Gasteiger partial charge is 0.237 e. The van der Waals surface area contributed by atoms with Crippen LogP contribution in [0.15, 0.2) is 29.7 Å². The van der Waals surface area contributed by atoms with Crippen LogP contribution in [0.5, 0.6) is 11.6 Å². The van der Waals surface area contributed by atoms with E-state index in [9.17, 15) is 0 Å². The van der Waals surface area contributed by atoms with E-state index in [0.29, 0.717) is 10.0 Å². The Kier molecular flexibility index (Phi) is 4.49. The zero-order valence-corrected chi connectivity index (χ0v) is 12.0. The molecule has 1 aromatic carbocycles. The lowest BCUT2D eigenvalue weighted by atomic mass is 10.3. The van der Waals surface area contributed by atoms with Crippen molar-refractivity contribution >= 4 is 40.6 Å². The fourth-order valence-electron chi connectivity index (χ4n) is 1.25. The highest BCUT2D eigenvalue weighted by atomic mass is 35.5. The molecular formula is C11H7Cl3N4O2. The second-order valence-corrected chi connectivity index (χ2v) is 4.75. The number of hydrogen-bond acceptors (Lipinski definition) is 5. The molecule has 3 N–H and O–H groups in total. The highest BCUT2D eigenvalue weighted by Crippen LogP contribution is 2.35. The van der Waals surface area contributed by atoms with Crippen molar-refractivity contribution in [1.82, 2.24) is 9.97 Å². The Labute approximate surface area is 128 Å². The van der Waals surface area contributed by atoms with Crippen molar-refractivity contribution in [2.75, 3.05) is 0 Å². The molecule has 9 heteroatoms. The van der Waals surface area contributed by atoms with E-state index in [1.165, 1.54) is 24.5 Å². The molecule has 6 nitrogen and oxygen atoms in total. The molecule has 0 unspecified atom stereocenters. The lowest BCUT2D eigenvalue weighted by Crippen LogP contribution is -2.15. The van der Waals surface area contributed by atoms with Gasteiger partial charge in [0.25, 0.3) is 0 Å². The summed E-state index contributed by atoms with van der Waals surface area (Å²) in [6, 6.07) is 2.92. The topological polar surface area (TPSA) is 93.6 Å². The Morgan fingerprint density at radius 1 is 1.10 bits per heavy atom. The largest absolute Gasteiger partial charge is 0.436 e. The van der Waals surface area contributed by atoms with E-state index in [-0.39, 0.29) is 28.2 Å². The van der Waals surface area contributed by atoms with Gasteiger partial charge in [-0.25, -0.2) is 9.97 Å². The van der Waals surface area contributed by atoms with Crippen LogP contribution in [0.1, 0.15) is 5.69 Å². The molecule has 104 valence electrons. The molecule has 0 aliphatic rings. The summed E-state index contributed by atoms with van der Waals surface area (Å²) in [4.78, 5) is 7.85. The first-order valence-electron chi connectivity index (χ1n) is 5.13. The minimum Gasteiger partial charge on any atom is -0.436 e. The summed E-state index contributed by atoms with van der Waals surface area (Å²) in [5.74, 6) is 0.295. The molecule has 0 aliphatic heterocycles. The molecule has 0 aliphatic carbocycles. The molecule has 0 radical (unpaired) electrons. The van der Waals surface area contributed by atoms with Crippen LogP contribution in [0.25, 0.3) is 0 Å². The van der Waals surface area contributed by atoms with Gasteiger partial charge in [0.2, 0.25) is 5.88 Å². The van der Waals surface area contributed by atoms with Gasteiger partial charge >= 0.3 is 0 Å². The van der Waals surface area contributed by atoms with E-state index in [2.05, 4.69) is 15.1 Å². The number of oxime groups is 1. The van der Waals surface area contributed by atoms with E-state index in [4.69, 9.17) is 50.5 Å². The number of amidine groups is 1. The number of ether oxygens (including phenoxy) is 1. The Bertz CT molecular complexity index is 661. The third-order valence-corrected chi connectivity index (χ3v) is 3.21. The molecule has 0 fully saturated rings. The number of rotatable bonds is 3. The van der Waals surface area contributed by atoms with E-state index in [1.54, 1.807) is 0 Å². The van der Waals surface area contributed by atoms with Crippen molar-refractivity contribution in [1.29, 1.82) is 0 Å². The summed E-state index contributed by atoms with van der Waals surface area (Å²) in [5, 5.41) is 12.2. The van der Waals surface area contributed by atoms with Crippen LogP contribution in [-0.4, -0.2) is 21.0 Å². The zero-order chi connectivity index (χ0) is 14.7. The quantitative estimate of drug-likeness (QED) is 0.295. The third kappa shape index (κ3) is 3.22. The predicted octanol–water partition coefficient (Wildman–Crippen LogP) is 3.32. The molecule has 0 amide bonds. The highest BCUT2D eigenvalue weighted by molar-refractivity contribution is 6.43. The minimum atomic E-state index is -0.156. The van der Waals surface area contributed by atoms with Crippen molar-refractivity contribution in [3.63, 3.8) is 0 Å². The van der Waals surface area contributed by atoms with Crippen LogP contribution in [0, 0.1) is 0 Å². The van der Waals surface area contributed by atoms with Gasteiger partial charge in [0, 0.05) is 6.07 Å². The van der Waals surface area contributed by atoms with Crippen LogP contribution < -0.4 is 10.5 Å². The second-order valence-electron chi connectivity index (χ2n) is 3.52. The first kappa shape index (κ1) is 14.6. The fourth-order valence-corrected chi connectivity index (χ4v) is 1.82. The van der Waals surface area contributed by atoms with Crippen molar-refractivity contribution in [3.05, 3.63) is 45.3 Å². The van der Waals surface area contributed by atoms with Crippen LogP contribution in [0.3, 0.4) is 0 Å². The average molecular weight is 334 g/mol. The maximum atomic E-state index is 8.50. The van der Waals surface area contributed by atoms with Gasteiger partial charge in [-0.3, -0.25) is 0 Å². The van der Waals surface area contributed by atoms with E-state index in [0.717, 1.165) is 0 Å². The molecule has 2 aromatic rings. The van der Waals surface area contributed by atoms with Crippen molar-refractivity contribution in [3.8, 4) is 11.6 Å². The number of hydrogen-bond donors (Lipinski definition) is 2.